The Morgan fingerprint density at radius 1 is 1.35 bits per heavy atom. The Morgan fingerprint density at radius 3 is 2.80 bits per heavy atom. The van der Waals surface area contributed by atoms with Gasteiger partial charge < -0.3 is 15.1 Å². The van der Waals surface area contributed by atoms with Gasteiger partial charge in [0.25, 0.3) is 0 Å². The van der Waals surface area contributed by atoms with Crippen LogP contribution >= 0.6 is 0 Å². The van der Waals surface area contributed by atoms with Crippen LogP contribution < -0.4 is 5.73 Å². The maximum Gasteiger partial charge on any atom is 0.222 e. The van der Waals surface area contributed by atoms with Crippen LogP contribution in [0.3, 0.4) is 0 Å². The Labute approximate surface area is 119 Å². The number of furan rings is 1. The van der Waals surface area contributed by atoms with Gasteiger partial charge in [-0.2, -0.15) is 0 Å². The lowest BCUT2D eigenvalue weighted by molar-refractivity contribution is -0.130. The molecule has 0 saturated heterocycles. The average molecular weight is 272 g/mol. The van der Waals surface area contributed by atoms with Gasteiger partial charge in [-0.05, 0) is 37.1 Å². The van der Waals surface area contributed by atoms with Crippen LogP contribution in [0.2, 0.25) is 0 Å². The molecule has 4 nitrogen and oxygen atoms in total. The summed E-state index contributed by atoms with van der Waals surface area (Å²) in [5.74, 6) is 0.980. The third-order valence-electron chi connectivity index (χ3n) is 3.38. The van der Waals surface area contributed by atoms with Gasteiger partial charge in [-0.3, -0.25) is 4.79 Å². The van der Waals surface area contributed by atoms with Crippen molar-refractivity contribution in [2.75, 3.05) is 12.8 Å². The molecule has 4 heteroatoms. The number of benzene rings is 1. The highest BCUT2D eigenvalue weighted by atomic mass is 16.3. The van der Waals surface area contributed by atoms with E-state index in [1.54, 1.807) is 11.2 Å². The third kappa shape index (κ3) is 3.63. The molecule has 0 fully saturated rings. The molecule has 2 aromatic rings. The fourth-order valence-corrected chi connectivity index (χ4v) is 2.11. The number of carbonyl (C=O) groups excluding carboxylic acids is 1. The lowest BCUT2D eigenvalue weighted by atomic mass is 10.1. The van der Waals surface area contributed by atoms with E-state index in [-0.39, 0.29) is 5.91 Å². The Hall–Kier alpha value is -2.23. The molecule has 1 amide bonds. The number of hydrogen-bond acceptors (Lipinski definition) is 3. The minimum absolute atomic E-state index is 0.119. The summed E-state index contributed by atoms with van der Waals surface area (Å²) in [5.41, 5.74) is 8.59. The van der Waals surface area contributed by atoms with E-state index in [2.05, 4.69) is 0 Å². The molecular weight excluding hydrogens is 252 g/mol. The Bertz CT molecular complexity index is 590. The average Bonchev–Trinajstić information content (AvgIpc) is 2.81. The fourth-order valence-electron chi connectivity index (χ4n) is 2.11. The van der Waals surface area contributed by atoms with Crippen LogP contribution in [-0.4, -0.2) is 17.9 Å². The van der Waals surface area contributed by atoms with E-state index in [4.69, 9.17) is 10.2 Å². The van der Waals surface area contributed by atoms with Crippen LogP contribution in [0.1, 0.15) is 23.3 Å². The molecule has 1 heterocycles. The lowest BCUT2D eigenvalue weighted by Crippen LogP contribution is -2.26. The van der Waals surface area contributed by atoms with Gasteiger partial charge in [-0.25, -0.2) is 0 Å². The second-order valence-corrected chi connectivity index (χ2v) is 5.00. The largest absolute Gasteiger partial charge is 0.469 e. The fraction of sp³-hybridized carbons (Fsp3) is 0.312. The molecular formula is C16H20N2O2. The van der Waals surface area contributed by atoms with Crippen LogP contribution in [0, 0.1) is 6.92 Å². The molecule has 2 N–H and O–H groups in total. The zero-order chi connectivity index (χ0) is 14.5. The molecule has 2 rings (SSSR count). The highest BCUT2D eigenvalue weighted by Crippen LogP contribution is 2.13. The van der Waals surface area contributed by atoms with Gasteiger partial charge in [-0.15, -0.1) is 0 Å². The summed E-state index contributed by atoms with van der Waals surface area (Å²) < 4.78 is 5.24. The molecule has 0 aliphatic rings. The minimum atomic E-state index is 0.119. The molecule has 1 aromatic heterocycles. The molecule has 1 aromatic carbocycles. The smallest absolute Gasteiger partial charge is 0.222 e. The van der Waals surface area contributed by atoms with Gasteiger partial charge in [0.05, 0.1) is 6.26 Å². The van der Waals surface area contributed by atoms with Gasteiger partial charge >= 0.3 is 0 Å². The van der Waals surface area contributed by atoms with Gasteiger partial charge in [0, 0.05) is 31.3 Å². The number of anilines is 1. The van der Waals surface area contributed by atoms with Gasteiger partial charge in [0.15, 0.2) is 0 Å². The second-order valence-electron chi connectivity index (χ2n) is 5.00. The molecule has 0 unspecified atom stereocenters. The van der Waals surface area contributed by atoms with Crippen molar-refractivity contribution >= 4 is 11.6 Å². The van der Waals surface area contributed by atoms with E-state index in [1.165, 1.54) is 0 Å². The topological polar surface area (TPSA) is 59.5 Å². The van der Waals surface area contributed by atoms with Crippen molar-refractivity contribution in [3.05, 3.63) is 53.5 Å². The van der Waals surface area contributed by atoms with E-state index in [0.717, 1.165) is 22.6 Å². The zero-order valence-electron chi connectivity index (χ0n) is 11.9. The summed E-state index contributed by atoms with van der Waals surface area (Å²) in [6.07, 6.45) is 2.84. The standard InChI is InChI=1S/C16H20N2O2/c1-12-14(8-9-20-12)11-18(2)16(19)7-6-13-4-3-5-15(17)10-13/h3-5,8-10H,6-7,11,17H2,1-2H3. The molecule has 0 aliphatic heterocycles. The normalized spacial score (nSPS) is 10.5. The number of nitrogen functional groups attached to an aromatic ring is 1. The first-order chi connectivity index (χ1) is 9.56. The summed E-state index contributed by atoms with van der Waals surface area (Å²) in [7, 11) is 1.81. The number of aryl methyl sites for hydroxylation is 2. The van der Waals surface area contributed by atoms with Gasteiger partial charge in [0.1, 0.15) is 5.76 Å². The predicted octanol–water partition coefficient (Wildman–Crippen LogP) is 2.76. The molecule has 20 heavy (non-hydrogen) atoms. The van der Waals surface area contributed by atoms with E-state index in [1.807, 2.05) is 44.3 Å². The van der Waals surface area contributed by atoms with Crippen molar-refractivity contribution < 1.29 is 9.21 Å². The molecule has 0 radical (unpaired) electrons. The van der Waals surface area contributed by atoms with Crippen molar-refractivity contribution in [2.24, 2.45) is 0 Å². The van der Waals surface area contributed by atoms with E-state index < -0.39 is 0 Å². The number of rotatable bonds is 5. The molecule has 0 aliphatic carbocycles. The summed E-state index contributed by atoms with van der Waals surface area (Å²) >= 11 is 0. The van der Waals surface area contributed by atoms with Crippen LogP contribution in [0.5, 0.6) is 0 Å². The van der Waals surface area contributed by atoms with Crippen LogP contribution in [0.25, 0.3) is 0 Å². The van der Waals surface area contributed by atoms with E-state index in [0.29, 0.717) is 19.4 Å². The molecule has 0 spiro atoms. The summed E-state index contributed by atoms with van der Waals surface area (Å²) in [6, 6.07) is 9.56. The maximum atomic E-state index is 12.1. The van der Waals surface area contributed by atoms with Crippen molar-refractivity contribution in [1.82, 2.24) is 4.90 Å². The SMILES string of the molecule is Cc1occc1CN(C)C(=O)CCc1cccc(N)c1. The Morgan fingerprint density at radius 2 is 2.15 bits per heavy atom. The summed E-state index contributed by atoms with van der Waals surface area (Å²) in [4.78, 5) is 13.8. The second kappa shape index (κ2) is 6.28. The maximum absolute atomic E-state index is 12.1. The highest BCUT2D eigenvalue weighted by Gasteiger charge is 2.11. The number of nitrogens with zero attached hydrogens (tertiary/aromatic N) is 1. The Kier molecular flexibility index (Phi) is 4.45. The molecule has 106 valence electrons. The number of carbonyl (C=O) groups is 1. The number of hydrogen-bond donors (Lipinski definition) is 1. The number of nitrogens with two attached hydrogens (primary N) is 1. The molecule has 0 atom stereocenters. The zero-order valence-corrected chi connectivity index (χ0v) is 11.9. The first-order valence-electron chi connectivity index (χ1n) is 6.67. The summed E-state index contributed by atoms with van der Waals surface area (Å²) in [6.45, 7) is 2.48. The monoisotopic (exact) mass is 272 g/mol. The predicted molar refractivity (Wildman–Crippen MR) is 79.1 cm³/mol. The van der Waals surface area contributed by atoms with Crippen LogP contribution in [-0.2, 0) is 17.8 Å². The summed E-state index contributed by atoms with van der Waals surface area (Å²) in [5, 5.41) is 0. The third-order valence-corrected chi connectivity index (χ3v) is 3.38. The molecule has 0 saturated carbocycles. The van der Waals surface area contributed by atoms with E-state index in [9.17, 15) is 4.79 Å². The van der Waals surface area contributed by atoms with Crippen molar-refractivity contribution in [3.63, 3.8) is 0 Å². The van der Waals surface area contributed by atoms with Gasteiger partial charge in [0.2, 0.25) is 5.91 Å². The highest BCUT2D eigenvalue weighted by molar-refractivity contribution is 5.76. The quantitative estimate of drug-likeness (QED) is 0.851. The Balaban J connectivity index is 1.87. The van der Waals surface area contributed by atoms with Crippen LogP contribution in [0.4, 0.5) is 5.69 Å². The van der Waals surface area contributed by atoms with Gasteiger partial charge in [-0.1, -0.05) is 12.1 Å². The minimum Gasteiger partial charge on any atom is -0.469 e. The molecule has 0 bridgehead atoms. The van der Waals surface area contributed by atoms with E-state index >= 15 is 0 Å². The van der Waals surface area contributed by atoms with Crippen LogP contribution in [0.15, 0.2) is 41.0 Å². The number of amides is 1. The lowest BCUT2D eigenvalue weighted by Gasteiger charge is -2.16. The first kappa shape index (κ1) is 14.2. The first-order valence-corrected chi connectivity index (χ1v) is 6.67. The van der Waals surface area contributed by atoms with Crippen molar-refractivity contribution in [1.29, 1.82) is 0 Å². The van der Waals surface area contributed by atoms with Crippen molar-refractivity contribution in [2.45, 2.75) is 26.3 Å². The van der Waals surface area contributed by atoms with Crippen molar-refractivity contribution in [3.8, 4) is 0 Å².